The van der Waals surface area contributed by atoms with Crippen LogP contribution in [-0.4, -0.2) is 35.6 Å². The molecule has 0 aliphatic heterocycles. The van der Waals surface area contributed by atoms with Gasteiger partial charge in [0, 0.05) is 35.2 Å². The van der Waals surface area contributed by atoms with E-state index in [1.165, 1.54) is 28.7 Å². The molecule has 4 heterocycles. The van der Waals surface area contributed by atoms with Gasteiger partial charge in [-0.25, -0.2) is 4.98 Å². The molecule has 1 N–H and O–H groups in total. The second kappa shape index (κ2) is 10.6. The van der Waals surface area contributed by atoms with Gasteiger partial charge in [-0.1, -0.05) is 35.5 Å². The number of aromatic nitrogens is 6. The fourth-order valence-electron chi connectivity index (χ4n) is 3.34. The highest BCUT2D eigenvalue weighted by atomic mass is 32.2. The van der Waals surface area contributed by atoms with Crippen LogP contribution in [-0.2, 0) is 12.3 Å². The monoisotopic (exact) mass is 499 g/mol. The molecule has 0 spiro atoms. The van der Waals surface area contributed by atoms with Crippen molar-refractivity contribution in [3.63, 3.8) is 0 Å². The summed E-state index contributed by atoms with van der Waals surface area (Å²) in [5, 5.41) is 15.1. The van der Waals surface area contributed by atoms with Crippen LogP contribution in [0.3, 0.4) is 0 Å². The fraction of sp³-hybridized carbons (Fsp3) is 0.120. The molecule has 35 heavy (non-hydrogen) atoms. The molecule has 1 amide bonds. The van der Waals surface area contributed by atoms with Crippen molar-refractivity contribution in [2.24, 2.45) is 0 Å². The van der Waals surface area contributed by atoms with Crippen LogP contribution in [0.2, 0.25) is 0 Å². The quantitative estimate of drug-likeness (QED) is 0.309. The number of thioether (sulfide) groups is 1. The molecular formula is C25H21N7OS2. The number of aryl methyl sites for hydroxylation is 1. The molecule has 5 aromatic rings. The Kier molecular flexibility index (Phi) is 6.92. The van der Waals surface area contributed by atoms with Crippen LogP contribution in [0.5, 0.6) is 0 Å². The summed E-state index contributed by atoms with van der Waals surface area (Å²) < 4.78 is 2.02. The van der Waals surface area contributed by atoms with Crippen LogP contribution in [0.25, 0.3) is 17.1 Å². The Bertz CT molecular complexity index is 1420. The summed E-state index contributed by atoms with van der Waals surface area (Å²) in [5.41, 5.74) is 4.23. The average molecular weight is 500 g/mol. The van der Waals surface area contributed by atoms with Gasteiger partial charge in [-0.3, -0.25) is 19.3 Å². The summed E-state index contributed by atoms with van der Waals surface area (Å²) >= 11 is 2.97. The van der Waals surface area contributed by atoms with Gasteiger partial charge in [0.2, 0.25) is 0 Å². The van der Waals surface area contributed by atoms with E-state index in [4.69, 9.17) is 0 Å². The summed E-state index contributed by atoms with van der Waals surface area (Å²) in [5.74, 6) is 1.07. The van der Waals surface area contributed by atoms with Gasteiger partial charge in [-0.2, -0.15) is 0 Å². The third-order valence-corrected chi connectivity index (χ3v) is 7.08. The molecule has 0 bridgehead atoms. The Morgan fingerprint density at radius 2 is 1.94 bits per heavy atom. The van der Waals surface area contributed by atoms with Crippen molar-refractivity contribution >= 4 is 29.0 Å². The maximum Gasteiger partial charge on any atom is 0.271 e. The molecule has 0 aliphatic carbocycles. The second-order valence-electron chi connectivity index (χ2n) is 7.64. The van der Waals surface area contributed by atoms with Crippen LogP contribution >= 0.6 is 23.1 Å². The lowest BCUT2D eigenvalue weighted by Crippen LogP contribution is -2.23. The Morgan fingerprint density at radius 3 is 2.71 bits per heavy atom. The lowest BCUT2D eigenvalue weighted by atomic mass is 10.2. The minimum absolute atomic E-state index is 0.218. The van der Waals surface area contributed by atoms with Gasteiger partial charge in [0.15, 0.2) is 11.0 Å². The second-order valence-corrected chi connectivity index (χ2v) is 9.52. The molecule has 0 radical (unpaired) electrons. The number of rotatable bonds is 8. The Morgan fingerprint density at radius 1 is 1.06 bits per heavy atom. The van der Waals surface area contributed by atoms with E-state index in [2.05, 4.69) is 61.7 Å². The predicted octanol–water partition coefficient (Wildman–Crippen LogP) is 4.71. The fourth-order valence-corrected chi connectivity index (χ4v) is 5.09. The summed E-state index contributed by atoms with van der Waals surface area (Å²) in [6.07, 6.45) is 5.22. The van der Waals surface area contributed by atoms with Gasteiger partial charge < -0.3 is 5.32 Å². The molecule has 10 heteroatoms. The number of amides is 1. The molecule has 0 unspecified atom stereocenters. The standard InChI is InChI=1S/C25H21N7OS2/c1-17-7-9-20(10-8-17)32-23(18-5-4-11-26-13-18)30-31-25(32)35-16-22-29-21(15-34-22)24(33)28-14-19-6-2-3-12-27-19/h2-13,15H,14,16H2,1H3,(H,28,33). The van der Waals surface area contributed by atoms with E-state index in [1.54, 1.807) is 24.0 Å². The van der Waals surface area contributed by atoms with Gasteiger partial charge in [0.25, 0.3) is 5.91 Å². The topological polar surface area (TPSA) is 98.5 Å². The number of pyridine rings is 2. The van der Waals surface area contributed by atoms with Gasteiger partial charge in [0.1, 0.15) is 10.7 Å². The number of nitrogens with zero attached hydrogens (tertiary/aromatic N) is 6. The van der Waals surface area contributed by atoms with E-state index in [1.807, 2.05) is 34.9 Å². The van der Waals surface area contributed by atoms with Crippen molar-refractivity contribution in [1.29, 1.82) is 0 Å². The summed E-state index contributed by atoms with van der Waals surface area (Å²) in [7, 11) is 0. The Balaban J connectivity index is 1.32. The minimum atomic E-state index is -0.218. The van der Waals surface area contributed by atoms with Gasteiger partial charge in [0.05, 0.1) is 18.0 Å². The van der Waals surface area contributed by atoms with Crippen molar-refractivity contribution in [2.75, 3.05) is 0 Å². The van der Waals surface area contributed by atoms with E-state index >= 15 is 0 Å². The van der Waals surface area contributed by atoms with E-state index in [0.29, 0.717) is 18.0 Å². The van der Waals surface area contributed by atoms with Crippen LogP contribution in [0.1, 0.15) is 26.8 Å². The van der Waals surface area contributed by atoms with E-state index in [0.717, 1.165) is 32.9 Å². The third-order valence-electron chi connectivity index (χ3n) is 5.11. The molecule has 0 fully saturated rings. The molecule has 8 nitrogen and oxygen atoms in total. The van der Waals surface area contributed by atoms with Crippen LogP contribution < -0.4 is 5.32 Å². The van der Waals surface area contributed by atoms with Crippen molar-refractivity contribution in [1.82, 2.24) is 35.0 Å². The number of benzene rings is 1. The SMILES string of the molecule is Cc1ccc(-n2c(SCc3nc(C(=O)NCc4ccccn4)cs3)nnc2-c2cccnc2)cc1. The Labute approximate surface area is 210 Å². The number of thiazole rings is 1. The zero-order valence-corrected chi connectivity index (χ0v) is 20.5. The average Bonchev–Trinajstić information content (AvgIpc) is 3.55. The lowest BCUT2D eigenvalue weighted by Gasteiger charge is -2.10. The first-order valence-electron chi connectivity index (χ1n) is 10.9. The molecule has 4 aromatic heterocycles. The van der Waals surface area contributed by atoms with Gasteiger partial charge in [-0.15, -0.1) is 21.5 Å². The third kappa shape index (κ3) is 5.44. The smallest absolute Gasteiger partial charge is 0.271 e. The van der Waals surface area contributed by atoms with E-state index < -0.39 is 0 Å². The number of carbonyl (C=O) groups is 1. The van der Waals surface area contributed by atoms with Gasteiger partial charge in [-0.05, 0) is 43.3 Å². The van der Waals surface area contributed by atoms with Gasteiger partial charge >= 0.3 is 0 Å². The van der Waals surface area contributed by atoms with Crippen molar-refractivity contribution in [3.8, 4) is 17.1 Å². The normalized spacial score (nSPS) is 10.9. The molecule has 174 valence electrons. The first kappa shape index (κ1) is 22.9. The van der Waals surface area contributed by atoms with Crippen molar-refractivity contribution in [2.45, 2.75) is 24.4 Å². The molecule has 1 aromatic carbocycles. The molecule has 0 saturated carbocycles. The lowest BCUT2D eigenvalue weighted by molar-refractivity contribution is 0.0946. The first-order chi connectivity index (χ1) is 17.2. The highest BCUT2D eigenvalue weighted by molar-refractivity contribution is 7.98. The van der Waals surface area contributed by atoms with Crippen LogP contribution in [0.15, 0.2) is 83.7 Å². The molecule has 0 aliphatic rings. The summed E-state index contributed by atoms with van der Waals surface area (Å²) in [6, 6.07) is 17.7. The highest BCUT2D eigenvalue weighted by Gasteiger charge is 2.18. The number of hydrogen-bond acceptors (Lipinski definition) is 8. The molecular weight excluding hydrogens is 478 g/mol. The van der Waals surface area contributed by atoms with E-state index in [-0.39, 0.29) is 5.91 Å². The van der Waals surface area contributed by atoms with Crippen molar-refractivity contribution in [3.05, 3.63) is 101 Å². The predicted molar refractivity (Wildman–Crippen MR) is 136 cm³/mol. The van der Waals surface area contributed by atoms with Crippen molar-refractivity contribution < 1.29 is 4.79 Å². The highest BCUT2D eigenvalue weighted by Crippen LogP contribution is 2.30. The molecule has 0 atom stereocenters. The largest absolute Gasteiger partial charge is 0.345 e. The number of nitrogens with one attached hydrogen (secondary N) is 1. The number of hydrogen-bond donors (Lipinski definition) is 1. The van der Waals surface area contributed by atoms with Crippen LogP contribution in [0.4, 0.5) is 0 Å². The zero-order chi connectivity index (χ0) is 24.0. The first-order valence-corrected chi connectivity index (χ1v) is 12.7. The maximum atomic E-state index is 12.5. The number of carbonyl (C=O) groups excluding carboxylic acids is 1. The molecule has 0 saturated heterocycles. The molecule has 5 rings (SSSR count). The van der Waals surface area contributed by atoms with E-state index in [9.17, 15) is 4.79 Å². The summed E-state index contributed by atoms with van der Waals surface area (Å²) in [4.78, 5) is 25.5. The Hall–Kier alpha value is -3.89. The minimum Gasteiger partial charge on any atom is -0.345 e. The van der Waals surface area contributed by atoms with Crippen LogP contribution in [0, 0.1) is 6.92 Å². The zero-order valence-electron chi connectivity index (χ0n) is 18.8. The maximum absolute atomic E-state index is 12.5. The summed E-state index contributed by atoms with van der Waals surface area (Å²) in [6.45, 7) is 2.41.